The van der Waals surface area contributed by atoms with Crippen LogP contribution >= 0.6 is 0 Å². The van der Waals surface area contributed by atoms with Crippen molar-refractivity contribution in [3.8, 4) is 17.0 Å². The highest BCUT2D eigenvalue weighted by molar-refractivity contribution is 5.91. The first-order valence-corrected chi connectivity index (χ1v) is 12.2. The Kier molecular flexibility index (Phi) is 6.19. The molecule has 1 saturated heterocycles. The van der Waals surface area contributed by atoms with Gasteiger partial charge in [-0.15, -0.1) is 0 Å². The average Bonchev–Trinajstić information content (AvgIpc) is 3.48. The van der Waals surface area contributed by atoms with Crippen molar-refractivity contribution in [3.05, 3.63) is 42.1 Å². The van der Waals surface area contributed by atoms with Crippen LogP contribution in [0.2, 0.25) is 0 Å². The molecular weight excluding hydrogens is 442 g/mol. The Balaban J connectivity index is 1.47. The van der Waals surface area contributed by atoms with Gasteiger partial charge < -0.3 is 14.6 Å². The summed E-state index contributed by atoms with van der Waals surface area (Å²) in [4.78, 5) is 28.7. The Hall–Kier alpha value is -3.46. The Labute approximate surface area is 205 Å². The van der Waals surface area contributed by atoms with E-state index in [1.807, 2.05) is 32.6 Å². The number of ether oxygens (including phenoxy) is 1. The van der Waals surface area contributed by atoms with Crippen molar-refractivity contribution in [1.29, 1.82) is 0 Å². The second kappa shape index (κ2) is 9.30. The zero-order valence-corrected chi connectivity index (χ0v) is 21.1. The molecule has 1 N–H and O–H groups in total. The minimum Gasteiger partial charge on any atom is -0.493 e. The fourth-order valence-electron chi connectivity index (χ4n) is 5.08. The molecule has 0 radical (unpaired) electrons. The minimum atomic E-state index is 0.158. The standard InChI is InChI=1S/C26H33N7O2/c1-16(2)24-19-11-20(17-6-8-32(9-7-17)14-23(34)31(3)4)27-12-21(19)30-25(24)18-10-22(35-5)26-28-15-29-33(26)13-18/h10-13,15-17,30H,6-9,14H2,1-5H3. The van der Waals surface area contributed by atoms with E-state index in [0.29, 0.717) is 29.8 Å². The van der Waals surface area contributed by atoms with Crippen molar-refractivity contribution in [3.63, 3.8) is 0 Å². The van der Waals surface area contributed by atoms with Gasteiger partial charge in [-0.25, -0.2) is 9.50 Å². The molecule has 0 bridgehead atoms. The van der Waals surface area contributed by atoms with Gasteiger partial charge in [0.1, 0.15) is 6.33 Å². The first-order valence-electron chi connectivity index (χ1n) is 12.2. The maximum absolute atomic E-state index is 12.1. The number of aromatic nitrogens is 5. The smallest absolute Gasteiger partial charge is 0.236 e. The van der Waals surface area contributed by atoms with E-state index in [9.17, 15) is 4.79 Å². The number of fused-ring (bicyclic) bond motifs is 2. The van der Waals surface area contributed by atoms with Gasteiger partial charge in [-0.05, 0) is 49.5 Å². The second-order valence-corrected chi connectivity index (χ2v) is 9.89. The number of nitrogens with zero attached hydrogens (tertiary/aromatic N) is 6. The third-order valence-corrected chi connectivity index (χ3v) is 7.04. The quantitative estimate of drug-likeness (QED) is 0.458. The van der Waals surface area contributed by atoms with E-state index in [1.54, 1.807) is 16.5 Å². The van der Waals surface area contributed by atoms with Crippen LogP contribution in [0.4, 0.5) is 0 Å². The van der Waals surface area contributed by atoms with Gasteiger partial charge in [-0.2, -0.15) is 5.10 Å². The van der Waals surface area contributed by atoms with Crippen LogP contribution < -0.4 is 4.74 Å². The molecule has 0 aromatic carbocycles. The molecule has 9 heteroatoms. The Bertz CT molecular complexity index is 1360. The summed E-state index contributed by atoms with van der Waals surface area (Å²) >= 11 is 0. The third-order valence-electron chi connectivity index (χ3n) is 7.04. The van der Waals surface area contributed by atoms with Crippen molar-refractivity contribution < 1.29 is 9.53 Å². The Morgan fingerprint density at radius 3 is 2.69 bits per heavy atom. The molecule has 1 fully saturated rings. The zero-order chi connectivity index (χ0) is 24.7. The normalized spacial score (nSPS) is 15.4. The SMILES string of the molecule is COc1cc(-c2[nH]c3cnc(C4CCN(CC(=O)N(C)C)CC4)cc3c2C(C)C)cn2ncnc12. The number of H-pyrrole nitrogens is 1. The number of nitrogens with one attached hydrogen (secondary N) is 1. The van der Waals surface area contributed by atoms with Gasteiger partial charge in [0.05, 0.1) is 31.1 Å². The molecule has 9 nitrogen and oxygen atoms in total. The number of carbonyl (C=O) groups is 1. The van der Waals surface area contributed by atoms with Crippen LogP contribution in [0.1, 0.15) is 49.8 Å². The predicted octanol–water partition coefficient (Wildman–Crippen LogP) is 3.67. The maximum Gasteiger partial charge on any atom is 0.236 e. The number of rotatable bonds is 6. The van der Waals surface area contributed by atoms with Crippen LogP contribution in [0.15, 0.2) is 30.9 Å². The van der Waals surface area contributed by atoms with Crippen molar-refractivity contribution in [2.24, 2.45) is 0 Å². The van der Waals surface area contributed by atoms with Gasteiger partial charge in [0.25, 0.3) is 0 Å². The predicted molar refractivity (Wildman–Crippen MR) is 136 cm³/mol. The van der Waals surface area contributed by atoms with Gasteiger partial charge >= 0.3 is 0 Å². The average molecular weight is 476 g/mol. The number of pyridine rings is 2. The molecule has 4 aromatic rings. The van der Waals surface area contributed by atoms with E-state index in [0.717, 1.165) is 48.4 Å². The number of carbonyl (C=O) groups excluding carboxylic acids is 1. The van der Waals surface area contributed by atoms with Crippen molar-refractivity contribution in [2.75, 3.05) is 40.8 Å². The zero-order valence-electron chi connectivity index (χ0n) is 21.1. The molecule has 0 spiro atoms. The largest absolute Gasteiger partial charge is 0.493 e. The highest BCUT2D eigenvalue weighted by Gasteiger charge is 2.25. The Morgan fingerprint density at radius 1 is 1.23 bits per heavy atom. The summed E-state index contributed by atoms with van der Waals surface area (Å²) < 4.78 is 7.34. The van der Waals surface area contributed by atoms with Gasteiger partial charge in [0.15, 0.2) is 11.4 Å². The molecule has 184 valence electrons. The maximum atomic E-state index is 12.1. The fourth-order valence-corrected chi connectivity index (χ4v) is 5.08. The molecule has 5 heterocycles. The Morgan fingerprint density at radius 2 is 2.00 bits per heavy atom. The van der Waals surface area contributed by atoms with E-state index < -0.39 is 0 Å². The molecule has 35 heavy (non-hydrogen) atoms. The number of hydrogen-bond donors (Lipinski definition) is 1. The van der Waals surface area contributed by atoms with E-state index in [1.165, 1.54) is 17.3 Å². The summed E-state index contributed by atoms with van der Waals surface area (Å²) in [5.41, 5.74) is 6.18. The number of likely N-dealkylation sites (tertiary alicyclic amines) is 1. The van der Waals surface area contributed by atoms with Crippen LogP contribution in [-0.2, 0) is 4.79 Å². The molecule has 4 aromatic heterocycles. The molecule has 0 unspecified atom stereocenters. The lowest BCUT2D eigenvalue weighted by molar-refractivity contribution is -0.130. The van der Waals surface area contributed by atoms with Crippen molar-refractivity contribution >= 4 is 22.5 Å². The van der Waals surface area contributed by atoms with Crippen molar-refractivity contribution in [2.45, 2.75) is 38.5 Å². The van der Waals surface area contributed by atoms with Crippen LogP contribution in [0, 0.1) is 0 Å². The lowest BCUT2D eigenvalue weighted by atomic mass is 9.91. The molecule has 1 amide bonds. The third kappa shape index (κ3) is 4.36. The number of piperidine rings is 1. The minimum absolute atomic E-state index is 0.158. The van der Waals surface area contributed by atoms with Crippen LogP contribution in [0.5, 0.6) is 5.75 Å². The summed E-state index contributed by atoms with van der Waals surface area (Å²) in [6.07, 6.45) is 7.50. The number of hydrogen-bond acceptors (Lipinski definition) is 6. The summed E-state index contributed by atoms with van der Waals surface area (Å²) in [6.45, 7) is 6.76. The van der Waals surface area contributed by atoms with Crippen LogP contribution in [-0.4, -0.2) is 81.1 Å². The molecule has 1 aliphatic rings. The number of aromatic amines is 1. The summed E-state index contributed by atoms with van der Waals surface area (Å²) in [6, 6.07) is 4.28. The highest BCUT2D eigenvalue weighted by Crippen LogP contribution is 2.38. The van der Waals surface area contributed by atoms with Crippen molar-refractivity contribution in [1.82, 2.24) is 34.4 Å². The molecule has 1 aliphatic heterocycles. The first kappa shape index (κ1) is 23.3. The molecular formula is C26H33N7O2. The van der Waals surface area contributed by atoms with Gasteiger partial charge in [0, 0.05) is 42.9 Å². The van der Waals surface area contributed by atoms with Gasteiger partial charge in [0.2, 0.25) is 5.91 Å². The number of likely N-dealkylation sites (N-methyl/N-ethyl adjacent to an activating group) is 1. The van der Waals surface area contributed by atoms with E-state index in [2.05, 4.69) is 39.9 Å². The highest BCUT2D eigenvalue weighted by atomic mass is 16.5. The monoisotopic (exact) mass is 475 g/mol. The molecule has 0 atom stereocenters. The lowest BCUT2D eigenvalue weighted by Crippen LogP contribution is -2.40. The molecule has 0 saturated carbocycles. The number of methoxy groups -OCH3 is 1. The molecule has 5 rings (SSSR count). The summed E-state index contributed by atoms with van der Waals surface area (Å²) in [5, 5.41) is 5.53. The second-order valence-electron chi connectivity index (χ2n) is 9.89. The van der Waals surface area contributed by atoms with Crippen LogP contribution in [0.3, 0.4) is 0 Å². The van der Waals surface area contributed by atoms with E-state index in [4.69, 9.17) is 9.72 Å². The fraction of sp³-hybridized carbons (Fsp3) is 0.462. The van der Waals surface area contributed by atoms with Crippen LogP contribution in [0.25, 0.3) is 27.8 Å². The van der Waals surface area contributed by atoms with Gasteiger partial charge in [-0.3, -0.25) is 14.7 Å². The molecule has 0 aliphatic carbocycles. The topological polar surface area (TPSA) is 91.7 Å². The van der Waals surface area contributed by atoms with Gasteiger partial charge in [-0.1, -0.05) is 13.8 Å². The first-order chi connectivity index (χ1) is 16.9. The summed E-state index contributed by atoms with van der Waals surface area (Å²) in [7, 11) is 5.28. The number of amides is 1. The van der Waals surface area contributed by atoms with E-state index >= 15 is 0 Å². The summed E-state index contributed by atoms with van der Waals surface area (Å²) in [5.74, 6) is 1.55. The lowest BCUT2D eigenvalue weighted by Gasteiger charge is -2.31. The van der Waals surface area contributed by atoms with E-state index in [-0.39, 0.29) is 5.91 Å².